The van der Waals surface area contributed by atoms with Gasteiger partial charge in [0.2, 0.25) is 0 Å². The molecule has 0 aliphatic rings. The summed E-state index contributed by atoms with van der Waals surface area (Å²) in [5, 5.41) is 4.62. The highest BCUT2D eigenvalue weighted by molar-refractivity contribution is 5.52. The molecule has 2 aromatic rings. The second-order valence-corrected chi connectivity index (χ2v) is 4.29. The number of hydrogen-bond acceptors (Lipinski definition) is 2. The van der Waals surface area contributed by atoms with Crippen LogP contribution in [0.25, 0.3) is 5.69 Å². The molecule has 1 aromatic heterocycles. The third-order valence-corrected chi connectivity index (χ3v) is 3.06. The minimum atomic E-state index is 0.828. The predicted octanol–water partition coefficient (Wildman–Crippen LogP) is 2.89. The SMILES string of the molecule is CCc1cc(CC)n(-c2ccc(N)c(C)c2)n1. The molecule has 1 heterocycles. The van der Waals surface area contributed by atoms with Gasteiger partial charge < -0.3 is 5.73 Å². The zero-order valence-electron chi connectivity index (χ0n) is 10.7. The molecule has 90 valence electrons. The van der Waals surface area contributed by atoms with Crippen molar-refractivity contribution in [2.45, 2.75) is 33.6 Å². The number of nitrogen functional groups attached to an aromatic ring is 1. The van der Waals surface area contributed by atoms with E-state index >= 15 is 0 Å². The van der Waals surface area contributed by atoms with Crippen molar-refractivity contribution >= 4 is 5.69 Å². The monoisotopic (exact) mass is 229 g/mol. The van der Waals surface area contributed by atoms with Crippen molar-refractivity contribution in [2.75, 3.05) is 5.73 Å². The Morgan fingerprint density at radius 1 is 1.18 bits per heavy atom. The Kier molecular flexibility index (Phi) is 3.18. The molecule has 2 rings (SSSR count). The van der Waals surface area contributed by atoms with Crippen LogP contribution in [0, 0.1) is 6.92 Å². The maximum Gasteiger partial charge on any atom is 0.0653 e. The van der Waals surface area contributed by atoms with Crippen molar-refractivity contribution in [2.24, 2.45) is 0 Å². The second-order valence-electron chi connectivity index (χ2n) is 4.29. The third kappa shape index (κ3) is 2.18. The lowest BCUT2D eigenvalue weighted by atomic mass is 10.2. The summed E-state index contributed by atoms with van der Waals surface area (Å²) in [5.74, 6) is 0. The van der Waals surface area contributed by atoms with Crippen molar-refractivity contribution in [1.82, 2.24) is 9.78 Å². The van der Waals surface area contributed by atoms with Crippen LogP contribution in [0.15, 0.2) is 24.3 Å². The third-order valence-electron chi connectivity index (χ3n) is 3.06. The molecule has 3 nitrogen and oxygen atoms in total. The molecule has 0 unspecified atom stereocenters. The average Bonchev–Trinajstić information content (AvgIpc) is 2.76. The van der Waals surface area contributed by atoms with Gasteiger partial charge in [-0.25, -0.2) is 4.68 Å². The van der Waals surface area contributed by atoms with E-state index in [9.17, 15) is 0 Å². The van der Waals surface area contributed by atoms with Crippen LogP contribution in [0.5, 0.6) is 0 Å². The van der Waals surface area contributed by atoms with Crippen molar-refractivity contribution < 1.29 is 0 Å². The molecular weight excluding hydrogens is 210 g/mol. The second kappa shape index (κ2) is 4.62. The van der Waals surface area contributed by atoms with Crippen LogP contribution in [0.2, 0.25) is 0 Å². The Balaban J connectivity index is 2.51. The molecule has 0 spiro atoms. The molecule has 0 saturated carbocycles. The van der Waals surface area contributed by atoms with E-state index in [4.69, 9.17) is 5.73 Å². The summed E-state index contributed by atoms with van der Waals surface area (Å²) >= 11 is 0. The van der Waals surface area contributed by atoms with Crippen LogP contribution in [-0.2, 0) is 12.8 Å². The molecule has 0 bridgehead atoms. The maximum absolute atomic E-state index is 5.84. The fourth-order valence-corrected chi connectivity index (χ4v) is 1.91. The minimum Gasteiger partial charge on any atom is -0.399 e. The summed E-state index contributed by atoms with van der Waals surface area (Å²) in [4.78, 5) is 0. The Morgan fingerprint density at radius 2 is 1.94 bits per heavy atom. The van der Waals surface area contributed by atoms with Crippen LogP contribution >= 0.6 is 0 Å². The minimum absolute atomic E-state index is 0.828. The van der Waals surface area contributed by atoms with E-state index in [-0.39, 0.29) is 0 Å². The number of nitrogens with two attached hydrogens (primary N) is 1. The molecule has 1 aromatic carbocycles. The quantitative estimate of drug-likeness (QED) is 0.822. The number of benzene rings is 1. The van der Waals surface area contributed by atoms with Gasteiger partial charge in [0, 0.05) is 11.4 Å². The first-order valence-electron chi connectivity index (χ1n) is 6.10. The van der Waals surface area contributed by atoms with Crippen molar-refractivity contribution in [3.63, 3.8) is 0 Å². The molecule has 2 N–H and O–H groups in total. The lowest BCUT2D eigenvalue weighted by molar-refractivity contribution is 0.793. The lowest BCUT2D eigenvalue weighted by Crippen LogP contribution is -2.02. The van der Waals surface area contributed by atoms with Crippen LogP contribution < -0.4 is 5.73 Å². The van der Waals surface area contributed by atoms with E-state index in [0.717, 1.165) is 35.5 Å². The standard InChI is InChI=1S/C14H19N3/c1-4-11-9-12(5-2)17(16-11)13-6-7-14(15)10(3)8-13/h6-9H,4-5,15H2,1-3H3. The van der Waals surface area contributed by atoms with E-state index in [0.29, 0.717) is 0 Å². The summed E-state index contributed by atoms with van der Waals surface area (Å²) < 4.78 is 2.02. The van der Waals surface area contributed by atoms with Crippen LogP contribution in [0.4, 0.5) is 5.69 Å². The van der Waals surface area contributed by atoms with E-state index in [1.165, 1.54) is 5.69 Å². The molecule has 0 amide bonds. The summed E-state index contributed by atoms with van der Waals surface area (Å²) in [5.41, 5.74) is 11.2. The zero-order chi connectivity index (χ0) is 12.4. The average molecular weight is 229 g/mol. The van der Waals surface area contributed by atoms with Gasteiger partial charge in [0.25, 0.3) is 0 Å². The number of aromatic nitrogens is 2. The number of hydrogen-bond donors (Lipinski definition) is 1. The van der Waals surface area contributed by atoms with Gasteiger partial charge in [0.15, 0.2) is 0 Å². The molecule has 3 heteroatoms. The molecule has 0 aliphatic carbocycles. The number of rotatable bonds is 3. The molecule has 0 fully saturated rings. The molecule has 0 atom stereocenters. The number of aryl methyl sites for hydroxylation is 3. The first kappa shape index (κ1) is 11.7. The fraction of sp³-hybridized carbons (Fsp3) is 0.357. The Morgan fingerprint density at radius 3 is 2.53 bits per heavy atom. The van der Waals surface area contributed by atoms with E-state index in [1.54, 1.807) is 0 Å². The van der Waals surface area contributed by atoms with Crippen LogP contribution in [0.3, 0.4) is 0 Å². The van der Waals surface area contributed by atoms with E-state index < -0.39 is 0 Å². The van der Waals surface area contributed by atoms with Gasteiger partial charge in [-0.1, -0.05) is 13.8 Å². The van der Waals surface area contributed by atoms with Crippen LogP contribution in [-0.4, -0.2) is 9.78 Å². The summed E-state index contributed by atoms with van der Waals surface area (Å²) in [6, 6.07) is 8.22. The van der Waals surface area contributed by atoms with Gasteiger partial charge in [-0.2, -0.15) is 5.10 Å². The summed E-state index contributed by atoms with van der Waals surface area (Å²) in [6.45, 7) is 6.30. The largest absolute Gasteiger partial charge is 0.399 e. The fourth-order valence-electron chi connectivity index (χ4n) is 1.91. The van der Waals surface area contributed by atoms with Gasteiger partial charge >= 0.3 is 0 Å². The van der Waals surface area contributed by atoms with Gasteiger partial charge in [-0.3, -0.25) is 0 Å². The highest BCUT2D eigenvalue weighted by Gasteiger charge is 2.07. The van der Waals surface area contributed by atoms with Gasteiger partial charge in [-0.15, -0.1) is 0 Å². The Hall–Kier alpha value is -1.77. The smallest absolute Gasteiger partial charge is 0.0653 e. The van der Waals surface area contributed by atoms with Crippen molar-refractivity contribution in [3.8, 4) is 5.69 Å². The van der Waals surface area contributed by atoms with Crippen molar-refractivity contribution in [1.29, 1.82) is 0 Å². The highest BCUT2D eigenvalue weighted by Crippen LogP contribution is 2.18. The molecule has 17 heavy (non-hydrogen) atoms. The van der Waals surface area contributed by atoms with Gasteiger partial charge in [0.1, 0.15) is 0 Å². The lowest BCUT2D eigenvalue weighted by Gasteiger charge is -2.08. The molecular formula is C14H19N3. The first-order chi connectivity index (χ1) is 8.15. The molecule has 0 radical (unpaired) electrons. The zero-order valence-corrected chi connectivity index (χ0v) is 10.7. The van der Waals surface area contributed by atoms with E-state index in [1.807, 2.05) is 23.7 Å². The normalized spacial score (nSPS) is 10.8. The van der Waals surface area contributed by atoms with Gasteiger partial charge in [-0.05, 0) is 49.6 Å². The highest BCUT2D eigenvalue weighted by atomic mass is 15.3. The number of nitrogens with zero attached hydrogens (tertiary/aromatic N) is 2. The topological polar surface area (TPSA) is 43.8 Å². The maximum atomic E-state index is 5.84. The molecule has 0 saturated heterocycles. The van der Waals surface area contributed by atoms with Gasteiger partial charge in [0.05, 0.1) is 11.4 Å². The summed E-state index contributed by atoms with van der Waals surface area (Å²) in [6.07, 6.45) is 1.95. The summed E-state index contributed by atoms with van der Waals surface area (Å²) in [7, 11) is 0. The predicted molar refractivity (Wildman–Crippen MR) is 71.5 cm³/mol. The first-order valence-corrected chi connectivity index (χ1v) is 6.10. The number of anilines is 1. The Labute approximate surface area is 102 Å². The van der Waals surface area contributed by atoms with Crippen LogP contribution in [0.1, 0.15) is 30.8 Å². The van der Waals surface area contributed by atoms with Crippen molar-refractivity contribution in [3.05, 3.63) is 41.2 Å². The van der Waals surface area contributed by atoms with E-state index in [2.05, 4.69) is 31.1 Å². The Bertz CT molecular complexity index is 526. The molecule has 0 aliphatic heterocycles.